The smallest absolute Gasteiger partial charge is 0.343 e. The minimum absolute atomic E-state index is 0.152. The van der Waals surface area contributed by atoms with Gasteiger partial charge in [-0.1, -0.05) is 42.5 Å². The zero-order chi connectivity index (χ0) is 18.1. The third-order valence-corrected chi connectivity index (χ3v) is 4.67. The van der Waals surface area contributed by atoms with E-state index < -0.39 is 17.5 Å². The van der Waals surface area contributed by atoms with Crippen molar-refractivity contribution >= 4 is 16.9 Å². The Morgan fingerprint density at radius 1 is 1.12 bits per heavy atom. The monoisotopic (exact) mass is 350 g/mol. The first-order chi connectivity index (χ1) is 12.7. The molecular weight excluding hydrogens is 332 g/mol. The molecule has 0 saturated heterocycles. The number of fused-ring (bicyclic) bond motifs is 3. The minimum Gasteiger partial charge on any atom is -0.491 e. The first-order valence-electron chi connectivity index (χ1n) is 8.60. The molecule has 26 heavy (non-hydrogen) atoms. The number of carbonyl (C=O) groups excluding carboxylic acids is 1. The summed E-state index contributed by atoms with van der Waals surface area (Å²) in [5.74, 6) is -0.959. The number of carbonyl (C=O) groups is 1. The molecule has 2 atom stereocenters. The molecule has 3 aromatic rings. The highest BCUT2D eigenvalue weighted by Gasteiger charge is 2.41. The fraction of sp³-hybridized carbons (Fsp3) is 0.238. The molecule has 2 aromatic carbocycles. The Balaban J connectivity index is 1.96. The molecule has 1 aromatic heterocycles. The SMILES string of the molecule is CCOC(=O)[C@@H]1COc2c(c(=O)oc3ccccc23)[C@@H]1c1ccccc1. The van der Waals surface area contributed by atoms with Crippen LogP contribution >= 0.6 is 0 Å². The van der Waals surface area contributed by atoms with Crippen LogP contribution < -0.4 is 10.4 Å². The molecule has 0 fully saturated rings. The molecular formula is C21H18O5. The van der Waals surface area contributed by atoms with Crippen molar-refractivity contribution in [3.63, 3.8) is 0 Å². The number of benzene rings is 2. The molecule has 0 unspecified atom stereocenters. The van der Waals surface area contributed by atoms with Gasteiger partial charge >= 0.3 is 11.6 Å². The van der Waals surface area contributed by atoms with Crippen LogP contribution in [0, 0.1) is 5.92 Å². The molecule has 0 amide bonds. The predicted molar refractivity (Wildman–Crippen MR) is 96.4 cm³/mol. The Kier molecular flexibility index (Phi) is 4.21. The lowest BCUT2D eigenvalue weighted by Crippen LogP contribution is -2.37. The van der Waals surface area contributed by atoms with Crippen molar-refractivity contribution in [2.75, 3.05) is 13.2 Å². The van der Waals surface area contributed by atoms with Crippen molar-refractivity contribution in [2.24, 2.45) is 5.92 Å². The first kappa shape index (κ1) is 16.4. The van der Waals surface area contributed by atoms with Crippen LogP contribution in [0.25, 0.3) is 11.0 Å². The van der Waals surface area contributed by atoms with Gasteiger partial charge in [0.15, 0.2) is 0 Å². The summed E-state index contributed by atoms with van der Waals surface area (Å²) in [7, 11) is 0. The van der Waals surface area contributed by atoms with Gasteiger partial charge in [0.25, 0.3) is 0 Å². The van der Waals surface area contributed by atoms with E-state index in [4.69, 9.17) is 13.9 Å². The van der Waals surface area contributed by atoms with E-state index in [0.29, 0.717) is 16.9 Å². The Bertz CT molecular complexity index is 1010. The predicted octanol–water partition coefficient (Wildman–Crippen LogP) is 3.50. The molecule has 0 N–H and O–H groups in total. The van der Waals surface area contributed by atoms with Crippen molar-refractivity contribution in [1.29, 1.82) is 0 Å². The summed E-state index contributed by atoms with van der Waals surface area (Å²) in [6.45, 7) is 2.18. The normalized spacial score (nSPS) is 18.8. The Hall–Kier alpha value is -3.08. The quantitative estimate of drug-likeness (QED) is 0.534. The van der Waals surface area contributed by atoms with E-state index in [1.807, 2.05) is 42.5 Å². The molecule has 5 nitrogen and oxygen atoms in total. The molecule has 0 bridgehead atoms. The van der Waals surface area contributed by atoms with Crippen molar-refractivity contribution in [2.45, 2.75) is 12.8 Å². The third-order valence-electron chi connectivity index (χ3n) is 4.67. The molecule has 0 radical (unpaired) electrons. The van der Waals surface area contributed by atoms with Crippen LogP contribution in [-0.2, 0) is 9.53 Å². The summed E-state index contributed by atoms with van der Waals surface area (Å²) in [5.41, 5.74) is 1.22. The summed E-state index contributed by atoms with van der Waals surface area (Å²) in [6.07, 6.45) is 0. The molecule has 4 rings (SSSR count). The second kappa shape index (κ2) is 6.67. The van der Waals surface area contributed by atoms with Gasteiger partial charge in [0.2, 0.25) is 0 Å². The van der Waals surface area contributed by atoms with Crippen LogP contribution in [0.4, 0.5) is 0 Å². The Morgan fingerprint density at radius 3 is 2.62 bits per heavy atom. The highest BCUT2D eigenvalue weighted by atomic mass is 16.5. The maximum Gasteiger partial charge on any atom is 0.343 e. The number of hydrogen-bond donors (Lipinski definition) is 0. The van der Waals surface area contributed by atoms with E-state index in [-0.39, 0.29) is 19.2 Å². The number of para-hydroxylation sites is 1. The van der Waals surface area contributed by atoms with E-state index in [9.17, 15) is 9.59 Å². The van der Waals surface area contributed by atoms with Crippen LogP contribution in [0.2, 0.25) is 0 Å². The van der Waals surface area contributed by atoms with Gasteiger partial charge in [-0.05, 0) is 24.6 Å². The van der Waals surface area contributed by atoms with Gasteiger partial charge in [0.05, 0.1) is 17.6 Å². The van der Waals surface area contributed by atoms with Gasteiger partial charge < -0.3 is 13.9 Å². The standard InChI is InChI=1S/C21H18O5/c1-2-24-20(22)15-12-25-19-14-10-6-7-11-16(14)26-21(23)18(19)17(15)13-8-4-3-5-9-13/h3-11,15,17H,2,12H2,1H3/t15-,17-/m1/s1. The van der Waals surface area contributed by atoms with Crippen LogP contribution in [0.15, 0.2) is 63.8 Å². The number of ether oxygens (including phenoxy) is 2. The van der Waals surface area contributed by atoms with E-state index >= 15 is 0 Å². The van der Waals surface area contributed by atoms with Gasteiger partial charge in [-0.2, -0.15) is 0 Å². The molecule has 0 aliphatic carbocycles. The average Bonchev–Trinajstić information content (AvgIpc) is 2.68. The maximum absolute atomic E-state index is 12.8. The molecule has 1 aliphatic heterocycles. The van der Waals surface area contributed by atoms with Gasteiger partial charge in [-0.15, -0.1) is 0 Å². The van der Waals surface area contributed by atoms with Gasteiger partial charge in [0.1, 0.15) is 23.9 Å². The average molecular weight is 350 g/mol. The molecule has 1 aliphatic rings. The summed E-state index contributed by atoms with van der Waals surface area (Å²) >= 11 is 0. The van der Waals surface area contributed by atoms with Gasteiger partial charge in [0, 0.05) is 5.92 Å². The molecule has 0 saturated carbocycles. The second-order valence-electron chi connectivity index (χ2n) is 6.19. The summed E-state index contributed by atoms with van der Waals surface area (Å²) in [6, 6.07) is 16.7. The number of hydrogen-bond acceptors (Lipinski definition) is 5. The molecule has 5 heteroatoms. The van der Waals surface area contributed by atoms with Crippen LogP contribution in [0.3, 0.4) is 0 Å². The summed E-state index contributed by atoms with van der Waals surface area (Å²) in [4.78, 5) is 25.3. The summed E-state index contributed by atoms with van der Waals surface area (Å²) in [5, 5.41) is 0.727. The van der Waals surface area contributed by atoms with Crippen molar-refractivity contribution in [3.8, 4) is 5.75 Å². The van der Waals surface area contributed by atoms with Crippen molar-refractivity contribution < 1.29 is 18.7 Å². The van der Waals surface area contributed by atoms with Crippen LogP contribution in [0.1, 0.15) is 24.0 Å². The fourth-order valence-corrected chi connectivity index (χ4v) is 3.54. The number of rotatable bonds is 3. The van der Waals surface area contributed by atoms with Gasteiger partial charge in [-0.3, -0.25) is 4.79 Å². The van der Waals surface area contributed by atoms with Crippen molar-refractivity contribution in [1.82, 2.24) is 0 Å². The largest absolute Gasteiger partial charge is 0.491 e. The lowest BCUT2D eigenvalue weighted by Gasteiger charge is -2.32. The van der Waals surface area contributed by atoms with E-state index in [0.717, 1.165) is 10.9 Å². The van der Waals surface area contributed by atoms with Crippen molar-refractivity contribution in [3.05, 3.63) is 76.1 Å². The lowest BCUT2D eigenvalue weighted by atomic mass is 9.79. The molecule has 2 heterocycles. The fourth-order valence-electron chi connectivity index (χ4n) is 3.54. The molecule has 0 spiro atoms. The summed E-state index contributed by atoms with van der Waals surface area (Å²) < 4.78 is 16.6. The topological polar surface area (TPSA) is 65.7 Å². The first-order valence-corrected chi connectivity index (χ1v) is 8.60. The van der Waals surface area contributed by atoms with Crippen LogP contribution in [-0.4, -0.2) is 19.2 Å². The maximum atomic E-state index is 12.8. The highest BCUT2D eigenvalue weighted by molar-refractivity contribution is 5.86. The minimum atomic E-state index is -0.603. The highest BCUT2D eigenvalue weighted by Crippen LogP contribution is 2.43. The van der Waals surface area contributed by atoms with Gasteiger partial charge in [-0.25, -0.2) is 4.79 Å². The number of esters is 1. The zero-order valence-electron chi connectivity index (χ0n) is 14.3. The Labute approximate surface area is 150 Å². The van der Waals surface area contributed by atoms with E-state index in [1.54, 1.807) is 19.1 Å². The zero-order valence-corrected chi connectivity index (χ0v) is 14.3. The van der Waals surface area contributed by atoms with E-state index in [1.165, 1.54) is 0 Å². The van der Waals surface area contributed by atoms with Crippen LogP contribution in [0.5, 0.6) is 5.75 Å². The second-order valence-corrected chi connectivity index (χ2v) is 6.19. The molecule has 132 valence electrons. The van der Waals surface area contributed by atoms with E-state index in [2.05, 4.69) is 0 Å². The third kappa shape index (κ3) is 2.65. The lowest BCUT2D eigenvalue weighted by molar-refractivity contribution is -0.150. The Morgan fingerprint density at radius 2 is 1.85 bits per heavy atom.